The molecule has 3 heteroatoms. The summed E-state index contributed by atoms with van der Waals surface area (Å²) in [4.78, 5) is 4.94. The van der Waals surface area contributed by atoms with E-state index in [0.29, 0.717) is 0 Å². The summed E-state index contributed by atoms with van der Waals surface area (Å²) in [5.74, 6) is 0. The van der Waals surface area contributed by atoms with E-state index in [1.54, 1.807) is 0 Å². The van der Waals surface area contributed by atoms with Crippen LogP contribution in [-0.2, 0) is 13.2 Å². The molecule has 2 aromatic rings. The molecule has 0 saturated carbocycles. The minimum atomic E-state index is 0.121. The molecule has 0 amide bonds. The zero-order valence-corrected chi connectivity index (χ0v) is 12.3. The van der Waals surface area contributed by atoms with E-state index in [-0.39, 0.29) is 6.61 Å². The molecule has 110 valence electrons. The molecular weight excluding hydrogens is 260 g/mol. The van der Waals surface area contributed by atoms with Gasteiger partial charge in [-0.05, 0) is 23.3 Å². The highest BCUT2D eigenvalue weighted by Crippen LogP contribution is 2.17. The van der Waals surface area contributed by atoms with Gasteiger partial charge in [-0.2, -0.15) is 0 Å². The number of piperazine rings is 1. The van der Waals surface area contributed by atoms with Gasteiger partial charge in [-0.3, -0.25) is 4.90 Å². The van der Waals surface area contributed by atoms with Crippen molar-refractivity contribution in [2.75, 3.05) is 31.1 Å². The Bertz CT molecular complexity index is 545. The lowest BCUT2D eigenvalue weighted by Gasteiger charge is -2.36. The highest BCUT2D eigenvalue weighted by Gasteiger charge is 2.16. The monoisotopic (exact) mass is 282 g/mol. The molecule has 1 saturated heterocycles. The molecular formula is C18H22N2O. The van der Waals surface area contributed by atoms with Crippen LogP contribution in [0.1, 0.15) is 11.1 Å². The molecule has 3 nitrogen and oxygen atoms in total. The minimum Gasteiger partial charge on any atom is -0.392 e. The van der Waals surface area contributed by atoms with Crippen molar-refractivity contribution in [1.82, 2.24) is 4.90 Å². The predicted octanol–water partition coefficient (Wildman–Crippen LogP) is 2.50. The van der Waals surface area contributed by atoms with E-state index in [1.807, 2.05) is 12.1 Å². The molecule has 1 fully saturated rings. The molecule has 2 aromatic carbocycles. The Morgan fingerprint density at radius 3 is 2.00 bits per heavy atom. The average molecular weight is 282 g/mol. The molecule has 0 spiro atoms. The Balaban J connectivity index is 1.53. The molecule has 0 bridgehead atoms. The predicted molar refractivity (Wildman–Crippen MR) is 86.3 cm³/mol. The van der Waals surface area contributed by atoms with Gasteiger partial charge in [0.15, 0.2) is 0 Å². The van der Waals surface area contributed by atoms with Crippen LogP contribution in [0.5, 0.6) is 0 Å². The van der Waals surface area contributed by atoms with Crippen LogP contribution >= 0.6 is 0 Å². The Kier molecular flexibility index (Phi) is 4.53. The third-order valence-electron chi connectivity index (χ3n) is 4.11. The first-order valence-corrected chi connectivity index (χ1v) is 7.56. The van der Waals surface area contributed by atoms with Gasteiger partial charge in [0.1, 0.15) is 0 Å². The second-order valence-corrected chi connectivity index (χ2v) is 5.57. The number of hydrogen-bond donors (Lipinski definition) is 1. The molecule has 1 aliphatic heterocycles. The van der Waals surface area contributed by atoms with Crippen LogP contribution in [0, 0.1) is 0 Å². The summed E-state index contributed by atoms with van der Waals surface area (Å²) in [7, 11) is 0. The van der Waals surface area contributed by atoms with Gasteiger partial charge in [0, 0.05) is 38.4 Å². The topological polar surface area (TPSA) is 26.7 Å². The number of para-hydroxylation sites is 1. The molecule has 0 atom stereocenters. The molecule has 1 aliphatic rings. The van der Waals surface area contributed by atoms with Crippen LogP contribution in [0.15, 0.2) is 54.6 Å². The first-order valence-electron chi connectivity index (χ1n) is 7.56. The van der Waals surface area contributed by atoms with Crippen LogP contribution in [0.4, 0.5) is 5.69 Å². The number of aliphatic hydroxyl groups is 1. The molecule has 1 N–H and O–H groups in total. The average Bonchev–Trinajstić information content (AvgIpc) is 2.57. The molecule has 0 aromatic heterocycles. The third-order valence-corrected chi connectivity index (χ3v) is 4.11. The van der Waals surface area contributed by atoms with Crippen LogP contribution in [0.2, 0.25) is 0 Å². The number of benzene rings is 2. The zero-order chi connectivity index (χ0) is 14.5. The van der Waals surface area contributed by atoms with Gasteiger partial charge in [-0.25, -0.2) is 0 Å². The van der Waals surface area contributed by atoms with E-state index in [2.05, 4.69) is 52.3 Å². The number of anilines is 1. The summed E-state index contributed by atoms with van der Waals surface area (Å²) in [6.45, 7) is 5.47. The lowest BCUT2D eigenvalue weighted by Crippen LogP contribution is -2.45. The van der Waals surface area contributed by atoms with Gasteiger partial charge in [0.05, 0.1) is 6.61 Å². The zero-order valence-electron chi connectivity index (χ0n) is 12.3. The second kappa shape index (κ2) is 6.74. The molecule has 0 radical (unpaired) electrons. The lowest BCUT2D eigenvalue weighted by atomic mass is 10.1. The fourth-order valence-electron chi connectivity index (χ4n) is 2.81. The molecule has 1 heterocycles. The van der Waals surface area contributed by atoms with Gasteiger partial charge < -0.3 is 10.0 Å². The summed E-state index contributed by atoms with van der Waals surface area (Å²) in [5.41, 5.74) is 3.62. The number of rotatable bonds is 4. The van der Waals surface area contributed by atoms with Gasteiger partial charge in [-0.15, -0.1) is 0 Å². The van der Waals surface area contributed by atoms with Crippen LogP contribution in [0.3, 0.4) is 0 Å². The van der Waals surface area contributed by atoms with Crippen LogP contribution in [-0.4, -0.2) is 36.2 Å². The summed E-state index contributed by atoms with van der Waals surface area (Å²) < 4.78 is 0. The molecule has 0 unspecified atom stereocenters. The highest BCUT2D eigenvalue weighted by molar-refractivity contribution is 5.46. The van der Waals surface area contributed by atoms with Crippen molar-refractivity contribution in [2.45, 2.75) is 13.2 Å². The van der Waals surface area contributed by atoms with Gasteiger partial charge >= 0.3 is 0 Å². The van der Waals surface area contributed by atoms with Crippen LogP contribution in [0.25, 0.3) is 0 Å². The highest BCUT2D eigenvalue weighted by atomic mass is 16.3. The van der Waals surface area contributed by atoms with Crippen molar-refractivity contribution in [3.05, 3.63) is 65.7 Å². The van der Waals surface area contributed by atoms with Crippen molar-refractivity contribution in [3.63, 3.8) is 0 Å². The Morgan fingerprint density at radius 2 is 1.38 bits per heavy atom. The van der Waals surface area contributed by atoms with E-state index < -0.39 is 0 Å². The molecule has 0 aliphatic carbocycles. The largest absolute Gasteiger partial charge is 0.392 e. The smallest absolute Gasteiger partial charge is 0.0681 e. The maximum Gasteiger partial charge on any atom is 0.0681 e. The summed E-state index contributed by atoms with van der Waals surface area (Å²) in [6.07, 6.45) is 0. The van der Waals surface area contributed by atoms with Crippen LogP contribution < -0.4 is 4.90 Å². The Hall–Kier alpha value is -1.84. The van der Waals surface area contributed by atoms with Crippen molar-refractivity contribution < 1.29 is 5.11 Å². The van der Waals surface area contributed by atoms with E-state index in [0.717, 1.165) is 38.3 Å². The summed E-state index contributed by atoms with van der Waals surface area (Å²) >= 11 is 0. The normalized spacial score (nSPS) is 16.1. The standard InChI is InChI=1S/C18H22N2O/c21-15-17-8-6-16(7-9-17)14-19-10-12-20(13-11-19)18-4-2-1-3-5-18/h1-9,21H,10-15H2. The van der Waals surface area contributed by atoms with E-state index in [1.165, 1.54) is 11.3 Å². The third kappa shape index (κ3) is 3.63. The first-order chi connectivity index (χ1) is 10.3. The first kappa shape index (κ1) is 14.1. The van der Waals surface area contributed by atoms with E-state index in [4.69, 9.17) is 5.11 Å². The Morgan fingerprint density at radius 1 is 0.762 bits per heavy atom. The van der Waals surface area contributed by atoms with Crippen molar-refractivity contribution >= 4 is 5.69 Å². The van der Waals surface area contributed by atoms with Gasteiger partial charge in [0.2, 0.25) is 0 Å². The summed E-state index contributed by atoms with van der Waals surface area (Å²) in [6, 6.07) is 18.9. The summed E-state index contributed by atoms with van der Waals surface area (Å²) in [5, 5.41) is 9.07. The van der Waals surface area contributed by atoms with E-state index in [9.17, 15) is 0 Å². The van der Waals surface area contributed by atoms with Crippen molar-refractivity contribution in [3.8, 4) is 0 Å². The van der Waals surface area contributed by atoms with Crippen molar-refractivity contribution in [2.24, 2.45) is 0 Å². The van der Waals surface area contributed by atoms with E-state index >= 15 is 0 Å². The molecule has 3 rings (SSSR count). The maximum absolute atomic E-state index is 9.07. The fourth-order valence-corrected chi connectivity index (χ4v) is 2.81. The fraction of sp³-hybridized carbons (Fsp3) is 0.333. The molecule has 21 heavy (non-hydrogen) atoms. The number of hydrogen-bond acceptors (Lipinski definition) is 3. The van der Waals surface area contributed by atoms with Gasteiger partial charge in [-0.1, -0.05) is 42.5 Å². The SMILES string of the molecule is OCc1ccc(CN2CCN(c3ccccc3)CC2)cc1. The Labute approximate surface area is 126 Å². The number of nitrogens with zero attached hydrogens (tertiary/aromatic N) is 2. The minimum absolute atomic E-state index is 0.121. The lowest BCUT2D eigenvalue weighted by molar-refractivity contribution is 0.249. The van der Waals surface area contributed by atoms with Crippen molar-refractivity contribution in [1.29, 1.82) is 0 Å². The second-order valence-electron chi connectivity index (χ2n) is 5.57. The number of aliphatic hydroxyl groups excluding tert-OH is 1. The maximum atomic E-state index is 9.07. The van der Waals surface area contributed by atoms with Gasteiger partial charge in [0.25, 0.3) is 0 Å². The quantitative estimate of drug-likeness (QED) is 0.933.